The van der Waals surface area contributed by atoms with Gasteiger partial charge in [0, 0.05) is 11.4 Å². The van der Waals surface area contributed by atoms with E-state index in [0.29, 0.717) is 29.6 Å². The number of fused-ring (bicyclic) bond motifs is 1. The van der Waals surface area contributed by atoms with Gasteiger partial charge in [-0.05, 0) is 19.2 Å². The third-order valence-electron chi connectivity index (χ3n) is 3.53. The molecule has 0 aliphatic carbocycles. The number of rotatable bonds is 3. The lowest BCUT2D eigenvalue weighted by molar-refractivity contribution is 0.0866. The Bertz CT molecular complexity index is 622. The monoisotopic (exact) mass is 279 g/mol. The number of Topliss-reactive ketones (excluding diaryl/α,β-unsaturated/α-hetero) is 1. The van der Waals surface area contributed by atoms with Gasteiger partial charge in [-0.15, -0.1) is 0 Å². The van der Waals surface area contributed by atoms with Crippen molar-refractivity contribution in [1.29, 1.82) is 0 Å². The van der Waals surface area contributed by atoms with Crippen molar-refractivity contribution < 1.29 is 13.9 Å². The fourth-order valence-corrected chi connectivity index (χ4v) is 2.65. The zero-order valence-electron chi connectivity index (χ0n) is 10.5. The van der Waals surface area contributed by atoms with Gasteiger partial charge in [0.25, 0.3) is 0 Å². The van der Waals surface area contributed by atoms with Gasteiger partial charge in [0.2, 0.25) is 5.78 Å². The number of carbonyl (C=O) groups is 1. The average molecular weight is 280 g/mol. The maximum Gasteiger partial charge on any atom is 0.205 e. The summed E-state index contributed by atoms with van der Waals surface area (Å²) in [6, 6.07) is 7.24. The lowest BCUT2D eigenvalue weighted by Gasteiger charge is -2.13. The predicted octanol–water partition coefficient (Wildman–Crippen LogP) is 2.50. The maximum absolute atomic E-state index is 12.4. The number of hydrogen-bond acceptors (Lipinski definition) is 4. The molecule has 1 aromatic carbocycles. The highest BCUT2D eigenvalue weighted by Crippen LogP contribution is 2.29. The summed E-state index contributed by atoms with van der Waals surface area (Å²) < 4.78 is 11.0. The Morgan fingerprint density at radius 2 is 2.26 bits per heavy atom. The molecule has 4 nitrogen and oxygen atoms in total. The molecule has 100 valence electrons. The van der Waals surface area contributed by atoms with Crippen LogP contribution in [-0.4, -0.2) is 32.1 Å². The van der Waals surface area contributed by atoms with Crippen LogP contribution >= 0.6 is 11.6 Å². The van der Waals surface area contributed by atoms with Gasteiger partial charge in [-0.25, -0.2) is 0 Å². The quantitative estimate of drug-likeness (QED) is 0.877. The van der Waals surface area contributed by atoms with Gasteiger partial charge in [0.05, 0.1) is 24.2 Å². The second kappa shape index (κ2) is 4.96. The number of para-hydroxylation sites is 1. The number of likely N-dealkylation sites (N-methyl/N-ethyl adjacent to an activating group) is 1. The molecule has 1 aliphatic rings. The normalized spacial score (nSPS) is 23.1. The van der Waals surface area contributed by atoms with E-state index in [9.17, 15) is 4.79 Å². The summed E-state index contributed by atoms with van der Waals surface area (Å²) in [5, 5.41) is 4.46. The Morgan fingerprint density at radius 3 is 3.00 bits per heavy atom. The molecule has 2 unspecified atom stereocenters. The van der Waals surface area contributed by atoms with E-state index in [1.54, 1.807) is 12.1 Å². The third-order valence-corrected chi connectivity index (χ3v) is 3.82. The smallest absolute Gasteiger partial charge is 0.205 e. The number of benzene rings is 1. The first kappa shape index (κ1) is 12.7. The molecule has 19 heavy (non-hydrogen) atoms. The Labute approximate surface area is 115 Å². The van der Waals surface area contributed by atoms with Crippen LogP contribution in [0.1, 0.15) is 10.6 Å². The molecule has 0 spiro atoms. The highest BCUT2D eigenvalue weighted by atomic mass is 35.5. The summed E-state index contributed by atoms with van der Waals surface area (Å²) in [6.45, 7) is 0.975. The van der Waals surface area contributed by atoms with Crippen molar-refractivity contribution in [2.75, 3.05) is 20.3 Å². The number of carbonyl (C=O) groups excluding carboxylic acids is 1. The van der Waals surface area contributed by atoms with Crippen molar-refractivity contribution >= 4 is 28.4 Å². The van der Waals surface area contributed by atoms with E-state index in [-0.39, 0.29) is 17.7 Å². The summed E-state index contributed by atoms with van der Waals surface area (Å²) >= 11 is 6.05. The van der Waals surface area contributed by atoms with Crippen LogP contribution in [-0.2, 0) is 4.74 Å². The highest BCUT2D eigenvalue weighted by molar-refractivity contribution is 6.34. The van der Waals surface area contributed by atoms with Crippen molar-refractivity contribution in [1.82, 2.24) is 5.32 Å². The summed E-state index contributed by atoms with van der Waals surface area (Å²) in [4.78, 5) is 12.4. The second-order valence-electron chi connectivity index (χ2n) is 4.67. The first-order valence-corrected chi connectivity index (χ1v) is 6.56. The van der Waals surface area contributed by atoms with Crippen LogP contribution in [0.3, 0.4) is 0 Å². The van der Waals surface area contributed by atoms with Gasteiger partial charge < -0.3 is 14.5 Å². The molecule has 1 aromatic heterocycles. The fourth-order valence-electron chi connectivity index (χ4n) is 2.43. The summed E-state index contributed by atoms with van der Waals surface area (Å²) in [6.07, 6.45) is 0. The summed E-state index contributed by atoms with van der Waals surface area (Å²) in [5.74, 6) is 0.104. The standard InChI is InChI=1S/C14H14ClNO3/c1-16-11-7-18-6-9(11)13(17)12-5-8-3-2-4-10(15)14(8)19-12/h2-5,9,11,16H,6-7H2,1H3. The molecule has 3 rings (SSSR count). The molecule has 1 fully saturated rings. The fraction of sp³-hybridized carbons (Fsp3) is 0.357. The molecule has 0 radical (unpaired) electrons. The van der Waals surface area contributed by atoms with Crippen LogP contribution in [0.25, 0.3) is 11.0 Å². The maximum atomic E-state index is 12.4. The topological polar surface area (TPSA) is 51.5 Å². The van der Waals surface area contributed by atoms with Crippen LogP contribution < -0.4 is 5.32 Å². The molecule has 1 N–H and O–H groups in total. The zero-order chi connectivity index (χ0) is 13.4. The molecule has 0 saturated carbocycles. The Kier molecular flexibility index (Phi) is 3.31. The number of furan rings is 1. The van der Waals surface area contributed by atoms with Gasteiger partial charge in [0.15, 0.2) is 11.3 Å². The van der Waals surface area contributed by atoms with Crippen molar-refractivity contribution in [2.45, 2.75) is 6.04 Å². The number of halogens is 1. The van der Waals surface area contributed by atoms with Crippen LogP contribution in [0.4, 0.5) is 0 Å². The highest BCUT2D eigenvalue weighted by Gasteiger charge is 2.35. The number of hydrogen-bond donors (Lipinski definition) is 1. The molecular weight excluding hydrogens is 266 g/mol. The van der Waals surface area contributed by atoms with Crippen LogP contribution in [0.5, 0.6) is 0 Å². The predicted molar refractivity (Wildman–Crippen MR) is 72.7 cm³/mol. The molecular formula is C14H14ClNO3. The largest absolute Gasteiger partial charge is 0.451 e. The minimum atomic E-state index is -0.204. The average Bonchev–Trinajstić information content (AvgIpc) is 3.04. The summed E-state index contributed by atoms with van der Waals surface area (Å²) in [7, 11) is 1.83. The number of ketones is 1. The molecule has 1 aliphatic heterocycles. The van der Waals surface area contributed by atoms with E-state index in [1.807, 2.05) is 19.2 Å². The van der Waals surface area contributed by atoms with Gasteiger partial charge in [-0.3, -0.25) is 4.79 Å². The van der Waals surface area contributed by atoms with Gasteiger partial charge in [-0.1, -0.05) is 23.7 Å². The van der Waals surface area contributed by atoms with Crippen LogP contribution in [0, 0.1) is 5.92 Å². The Balaban J connectivity index is 1.95. The first-order chi connectivity index (χ1) is 9.20. The van der Waals surface area contributed by atoms with Gasteiger partial charge in [0.1, 0.15) is 0 Å². The van der Waals surface area contributed by atoms with Gasteiger partial charge in [-0.2, -0.15) is 0 Å². The molecule has 1 saturated heterocycles. The number of ether oxygens (including phenoxy) is 1. The lowest BCUT2D eigenvalue weighted by atomic mass is 9.97. The molecule has 0 bridgehead atoms. The lowest BCUT2D eigenvalue weighted by Crippen LogP contribution is -2.36. The molecule has 0 amide bonds. The Hall–Kier alpha value is -1.36. The number of nitrogens with one attached hydrogen (secondary N) is 1. The second-order valence-corrected chi connectivity index (χ2v) is 5.08. The molecule has 2 atom stereocenters. The van der Waals surface area contributed by atoms with Crippen LogP contribution in [0.15, 0.2) is 28.7 Å². The van der Waals surface area contributed by atoms with E-state index >= 15 is 0 Å². The van der Waals surface area contributed by atoms with Crippen molar-refractivity contribution in [3.8, 4) is 0 Å². The zero-order valence-corrected chi connectivity index (χ0v) is 11.2. The molecule has 2 aromatic rings. The van der Waals surface area contributed by atoms with E-state index in [2.05, 4.69) is 5.32 Å². The van der Waals surface area contributed by atoms with Crippen molar-refractivity contribution in [3.05, 3.63) is 35.0 Å². The molecule has 2 heterocycles. The first-order valence-electron chi connectivity index (χ1n) is 6.18. The van der Waals surface area contributed by atoms with Crippen LogP contribution in [0.2, 0.25) is 5.02 Å². The molecule has 5 heteroatoms. The Morgan fingerprint density at radius 1 is 1.42 bits per heavy atom. The third kappa shape index (κ3) is 2.16. The van der Waals surface area contributed by atoms with Crippen molar-refractivity contribution in [3.63, 3.8) is 0 Å². The van der Waals surface area contributed by atoms with E-state index in [4.69, 9.17) is 20.8 Å². The van der Waals surface area contributed by atoms with E-state index in [1.165, 1.54) is 0 Å². The minimum absolute atomic E-state index is 0.0379. The van der Waals surface area contributed by atoms with E-state index in [0.717, 1.165) is 5.39 Å². The van der Waals surface area contributed by atoms with Crippen molar-refractivity contribution in [2.24, 2.45) is 5.92 Å². The van der Waals surface area contributed by atoms with Gasteiger partial charge >= 0.3 is 0 Å². The summed E-state index contributed by atoms with van der Waals surface area (Å²) in [5.41, 5.74) is 0.562. The van der Waals surface area contributed by atoms with E-state index < -0.39 is 0 Å². The minimum Gasteiger partial charge on any atom is -0.451 e. The SMILES string of the molecule is CNC1COCC1C(=O)c1cc2cccc(Cl)c2o1.